The average molecular weight is 383 g/mol. The van der Waals surface area contributed by atoms with E-state index in [1.165, 1.54) is 23.3 Å². The van der Waals surface area contributed by atoms with E-state index < -0.39 is 0 Å². The lowest BCUT2D eigenvalue weighted by Gasteiger charge is -2.35. The third-order valence-electron chi connectivity index (χ3n) is 6.23. The van der Waals surface area contributed by atoms with E-state index in [-0.39, 0.29) is 0 Å². The summed E-state index contributed by atoms with van der Waals surface area (Å²) in [5.41, 5.74) is 1.43. The third kappa shape index (κ3) is 4.99. The van der Waals surface area contributed by atoms with Crippen LogP contribution in [-0.4, -0.2) is 48.4 Å². The molecular formula is C23H30N2OS. The molecule has 2 aromatic rings. The number of piperidine rings is 2. The third-order valence-corrected chi connectivity index (χ3v) is 7.26. The maximum absolute atomic E-state index is 12.7. The predicted octanol–water partition coefficient (Wildman–Crippen LogP) is 4.41. The highest BCUT2D eigenvalue weighted by molar-refractivity contribution is 7.10. The van der Waals surface area contributed by atoms with Crippen LogP contribution < -0.4 is 0 Å². The Labute approximate surface area is 167 Å². The minimum Gasteiger partial charge on any atom is -0.342 e. The van der Waals surface area contributed by atoms with Crippen molar-refractivity contribution in [1.29, 1.82) is 0 Å². The molecule has 1 aromatic heterocycles. The number of amides is 1. The molecule has 0 aliphatic carbocycles. The second-order valence-electron chi connectivity index (χ2n) is 8.08. The Morgan fingerprint density at radius 2 is 1.67 bits per heavy atom. The quantitative estimate of drug-likeness (QED) is 0.765. The number of thiophene rings is 1. The molecule has 0 radical (unpaired) electrons. The fourth-order valence-corrected chi connectivity index (χ4v) is 5.42. The fraction of sp³-hybridized carbons (Fsp3) is 0.522. The summed E-state index contributed by atoms with van der Waals surface area (Å²) >= 11 is 1.87. The molecule has 2 saturated heterocycles. The Balaban J connectivity index is 1.19. The van der Waals surface area contributed by atoms with Gasteiger partial charge in [0.15, 0.2) is 0 Å². The van der Waals surface area contributed by atoms with Crippen LogP contribution in [0.15, 0.2) is 47.8 Å². The molecule has 3 nitrogen and oxygen atoms in total. The van der Waals surface area contributed by atoms with Crippen molar-refractivity contribution in [2.75, 3.05) is 32.7 Å². The van der Waals surface area contributed by atoms with E-state index in [4.69, 9.17) is 0 Å². The van der Waals surface area contributed by atoms with Crippen molar-refractivity contribution in [3.8, 4) is 0 Å². The van der Waals surface area contributed by atoms with Gasteiger partial charge in [-0.1, -0.05) is 36.4 Å². The van der Waals surface area contributed by atoms with E-state index in [2.05, 4.69) is 57.6 Å². The van der Waals surface area contributed by atoms with Crippen LogP contribution in [0.5, 0.6) is 0 Å². The minimum atomic E-state index is 0.336. The Hall–Kier alpha value is -1.65. The molecule has 0 unspecified atom stereocenters. The van der Waals surface area contributed by atoms with Crippen LogP contribution in [0.3, 0.4) is 0 Å². The van der Waals surface area contributed by atoms with Gasteiger partial charge in [0.2, 0.25) is 5.91 Å². The first-order valence-electron chi connectivity index (χ1n) is 10.4. The highest BCUT2D eigenvalue weighted by Crippen LogP contribution is 2.31. The smallest absolute Gasteiger partial charge is 0.236 e. The Bertz CT molecular complexity index is 699. The Morgan fingerprint density at radius 3 is 2.33 bits per heavy atom. The van der Waals surface area contributed by atoms with Crippen LogP contribution in [0.1, 0.15) is 42.0 Å². The first-order chi connectivity index (χ1) is 13.3. The van der Waals surface area contributed by atoms with Gasteiger partial charge in [-0.3, -0.25) is 9.69 Å². The molecular weight excluding hydrogens is 352 g/mol. The molecule has 0 atom stereocenters. The van der Waals surface area contributed by atoms with Crippen LogP contribution in [0, 0.1) is 5.92 Å². The second-order valence-corrected chi connectivity index (χ2v) is 9.06. The van der Waals surface area contributed by atoms with Gasteiger partial charge in [0.25, 0.3) is 0 Å². The van der Waals surface area contributed by atoms with Crippen LogP contribution in [-0.2, 0) is 11.2 Å². The molecule has 0 saturated carbocycles. The highest BCUT2D eigenvalue weighted by Gasteiger charge is 2.26. The maximum atomic E-state index is 12.7. The first kappa shape index (κ1) is 18.7. The van der Waals surface area contributed by atoms with Crippen LogP contribution in [0.4, 0.5) is 0 Å². The summed E-state index contributed by atoms with van der Waals surface area (Å²) in [4.78, 5) is 18.7. The number of carbonyl (C=O) groups is 1. The average Bonchev–Trinajstić information content (AvgIpc) is 3.25. The number of nitrogens with zero attached hydrogens (tertiary/aromatic N) is 2. The number of benzene rings is 1. The Morgan fingerprint density at radius 1 is 0.926 bits per heavy atom. The molecule has 144 valence electrons. The van der Waals surface area contributed by atoms with Crippen molar-refractivity contribution in [2.24, 2.45) is 5.92 Å². The maximum Gasteiger partial charge on any atom is 0.236 e. The van der Waals surface area contributed by atoms with E-state index in [1.807, 2.05) is 11.3 Å². The number of rotatable bonds is 5. The lowest BCUT2D eigenvalue weighted by Crippen LogP contribution is -2.46. The second kappa shape index (κ2) is 9.03. The Kier molecular flexibility index (Phi) is 6.25. The van der Waals surface area contributed by atoms with Crippen molar-refractivity contribution in [2.45, 2.75) is 38.0 Å². The summed E-state index contributed by atoms with van der Waals surface area (Å²) in [6, 6.07) is 15.2. The first-order valence-corrected chi connectivity index (χ1v) is 11.2. The molecule has 0 bridgehead atoms. The fourth-order valence-electron chi connectivity index (χ4n) is 4.52. The van der Waals surface area contributed by atoms with Gasteiger partial charge in [0.05, 0.1) is 6.54 Å². The van der Waals surface area contributed by atoms with Gasteiger partial charge in [-0.2, -0.15) is 0 Å². The van der Waals surface area contributed by atoms with E-state index in [9.17, 15) is 4.79 Å². The molecule has 0 spiro atoms. The molecule has 2 aliphatic heterocycles. The number of likely N-dealkylation sites (tertiary alicyclic amines) is 2. The van der Waals surface area contributed by atoms with E-state index in [1.54, 1.807) is 0 Å². The van der Waals surface area contributed by atoms with E-state index in [0.717, 1.165) is 51.4 Å². The SMILES string of the molecule is O=C(CN1CCC(c2cccs2)CC1)N1CCC(Cc2ccccc2)CC1. The summed E-state index contributed by atoms with van der Waals surface area (Å²) in [7, 11) is 0. The lowest BCUT2D eigenvalue weighted by atomic mass is 9.90. The molecule has 27 heavy (non-hydrogen) atoms. The van der Waals surface area contributed by atoms with Crippen LogP contribution >= 0.6 is 11.3 Å². The van der Waals surface area contributed by atoms with Gasteiger partial charge in [-0.25, -0.2) is 0 Å². The molecule has 0 N–H and O–H groups in total. The highest BCUT2D eigenvalue weighted by atomic mass is 32.1. The van der Waals surface area contributed by atoms with Gasteiger partial charge in [0.1, 0.15) is 0 Å². The number of hydrogen-bond acceptors (Lipinski definition) is 3. The van der Waals surface area contributed by atoms with Gasteiger partial charge < -0.3 is 4.90 Å². The zero-order valence-corrected chi connectivity index (χ0v) is 16.9. The largest absolute Gasteiger partial charge is 0.342 e. The zero-order valence-electron chi connectivity index (χ0n) is 16.1. The summed E-state index contributed by atoms with van der Waals surface area (Å²) in [5.74, 6) is 1.76. The van der Waals surface area contributed by atoms with Crippen molar-refractivity contribution in [3.63, 3.8) is 0 Å². The predicted molar refractivity (Wildman–Crippen MR) is 112 cm³/mol. The van der Waals surface area contributed by atoms with Crippen molar-refractivity contribution in [1.82, 2.24) is 9.80 Å². The van der Waals surface area contributed by atoms with Crippen LogP contribution in [0.25, 0.3) is 0 Å². The minimum absolute atomic E-state index is 0.336. The van der Waals surface area contributed by atoms with Crippen molar-refractivity contribution >= 4 is 17.2 Å². The normalized spacial score (nSPS) is 20.1. The molecule has 1 amide bonds. The summed E-state index contributed by atoms with van der Waals surface area (Å²) in [6.07, 6.45) is 5.81. The van der Waals surface area contributed by atoms with E-state index >= 15 is 0 Å². The summed E-state index contributed by atoms with van der Waals surface area (Å²) < 4.78 is 0. The van der Waals surface area contributed by atoms with Gasteiger partial charge in [-0.15, -0.1) is 11.3 Å². The zero-order chi connectivity index (χ0) is 18.5. The van der Waals surface area contributed by atoms with Crippen molar-refractivity contribution in [3.05, 3.63) is 58.3 Å². The summed E-state index contributed by atoms with van der Waals surface area (Å²) in [6.45, 7) is 4.59. The number of hydrogen-bond donors (Lipinski definition) is 0. The van der Waals surface area contributed by atoms with Gasteiger partial charge in [0, 0.05) is 18.0 Å². The summed E-state index contributed by atoms with van der Waals surface area (Å²) in [5, 5.41) is 2.17. The van der Waals surface area contributed by atoms with Crippen molar-refractivity contribution < 1.29 is 4.79 Å². The molecule has 1 aromatic carbocycles. The van der Waals surface area contributed by atoms with Crippen LogP contribution in [0.2, 0.25) is 0 Å². The topological polar surface area (TPSA) is 23.6 Å². The molecule has 2 aliphatic rings. The number of carbonyl (C=O) groups excluding carboxylic acids is 1. The monoisotopic (exact) mass is 382 g/mol. The standard InChI is InChI=1S/C23H30N2OS/c26-23(18-24-12-10-21(11-13-24)22-7-4-16-27-22)25-14-8-20(9-15-25)17-19-5-2-1-3-6-19/h1-7,16,20-21H,8-15,17-18H2. The van der Waals surface area contributed by atoms with Gasteiger partial charge >= 0.3 is 0 Å². The molecule has 4 rings (SSSR count). The molecule has 3 heterocycles. The lowest BCUT2D eigenvalue weighted by molar-refractivity contribution is -0.134. The molecule has 2 fully saturated rings. The van der Waals surface area contributed by atoms with E-state index in [0.29, 0.717) is 18.4 Å². The molecule has 4 heteroatoms. The van der Waals surface area contributed by atoms with Gasteiger partial charge in [-0.05, 0) is 74.0 Å².